The predicted octanol–water partition coefficient (Wildman–Crippen LogP) is 4.04. The van der Waals surface area contributed by atoms with Crippen LogP contribution in [0.2, 0.25) is 0 Å². The van der Waals surface area contributed by atoms with Gasteiger partial charge in [-0.15, -0.1) is 0 Å². The second-order valence-corrected chi connectivity index (χ2v) is 6.80. The van der Waals surface area contributed by atoms with Crippen LogP contribution in [0.3, 0.4) is 0 Å². The average Bonchev–Trinajstić information content (AvgIpc) is 3.19. The number of aromatic hydroxyl groups is 1. The van der Waals surface area contributed by atoms with Crippen molar-refractivity contribution in [2.45, 2.75) is 18.7 Å². The van der Waals surface area contributed by atoms with Gasteiger partial charge in [-0.05, 0) is 24.3 Å². The number of para-hydroxylation sites is 2. The molecule has 5 rings (SSSR count). The lowest BCUT2D eigenvalue weighted by molar-refractivity contribution is -0.0211. The number of phenolic OH excluding ortho intramolecular Hbond substituents is 1. The number of benzene rings is 2. The number of ether oxygens (including phenoxy) is 2. The minimum absolute atomic E-state index is 0.0151. The molecule has 0 amide bonds. The molecule has 0 radical (unpaired) electrons. The summed E-state index contributed by atoms with van der Waals surface area (Å²) in [7, 11) is 1.64. The molecule has 3 heterocycles. The van der Waals surface area contributed by atoms with Gasteiger partial charge in [0.05, 0.1) is 18.9 Å². The number of phenols is 1. The second kappa shape index (κ2) is 6.56. The van der Waals surface area contributed by atoms with Crippen LogP contribution in [0.15, 0.2) is 72.1 Å². The van der Waals surface area contributed by atoms with Gasteiger partial charge in [-0.3, -0.25) is 4.98 Å². The van der Waals surface area contributed by atoms with Crippen LogP contribution in [0.1, 0.15) is 35.4 Å². The van der Waals surface area contributed by atoms with Crippen LogP contribution in [0.25, 0.3) is 0 Å². The van der Waals surface area contributed by atoms with Crippen LogP contribution in [0.5, 0.6) is 17.2 Å². The standard InChI is InChI=1S/C22H19N3O3/c1-27-20-10-4-8-16-18-12-17(15-7-2-3-9-19(15)26)24-25(18)22(28-21(16)20)14-6-5-11-23-13-14/h2-11,13,18,22,26H,12H2,1H3/t18-,22+/m1/s1. The van der Waals surface area contributed by atoms with Crippen LogP contribution in [0, 0.1) is 0 Å². The molecule has 0 aliphatic carbocycles. The maximum atomic E-state index is 10.3. The summed E-state index contributed by atoms with van der Waals surface area (Å²) in [5, 5.41) is 17.1. The summed E-state index contributed by atoms with van der Waals surface area (Å²) in [6.45, 7) is 0. The Morgan fingerprint density at radius 1 is 1.11 bits per heavy atom. The third-order valence-corrected chi connectivity index (χ3v) is 5.18. The number of methoxy groups -OCH3 is 1. The monoisotopic (exact) mass is 373 g/mol. The Hall–Kier alpha value is -3.54. The molecule has 1 aromatic heterocycles. The van der Waals surface area contributed by atoms with E-state index in [1.165, 1.54) is 0 Å². The molecule has 0 bridgehead atoms. The molecule has 2 aromatic carbocycles. The zero-order chi connectivity index (χ0) is 19.1. The van der Waals surface area contributed by atoms with Crippen LogP contribution in [0.4, 0.5) is 0 Å². The maximum absolute atomic E-state index is 10.3. The number of rotatable bonds is 3. The van der Waals surface area contributed by atoms with E-state index >= 15 is 0 Å². The van der Waals surface area contributed by atoms with Gasteiger partial charge in [0.15, 0.2) is 11.5 Å². The number of hydrogen-bond donors (Lipinski definition) is 1. The van der Waals surface area contributed by atoms with Crippen molar-refractivity contribution in [2.75, 3.05) is 7.11 Å². The number of hydrazone groups is 1. The Balaban J connectivity index is 1.64. The van der Waals surface area contributed by atoms with Crippen LogP contribution >= 0.6 is 0 Å². The van der Waals surface area contributed by atoms with Gasteiger partial charge in [-0.1, -0.05) is 30.3 Å². The van der Waals surface area contributed by atoms with Crippen molar-refractivity contribution in [1.82, 2.24) is 9.99 Å². The number of fused-ring (bicyclic) bond motifs is 3. The molecule has 2 atom stereocenters. The topological polar surface area (TPSA) is 67.2 Å². The number of hydrogen-bond acceptors (Lipinski definition) is 6. The molecule has 0 saturated carbocycles. The predicted molar refractivity (Wildman–Crippen MR) is 104 cm³/mol. The Labute approximate surface area is 162 Å². The fourth-order valence-corrected chi connectivity index (χ4v) is 3.87. The molecule has 2 aliphatic rings. The van der Waals surface area contributed by atoms with E-state index in [2.05, 4.69) is 4.98 Å². The minimum atomic E-state index is -0.425. The lowest BCUT2D eigenvalue weighted by Gasteiger charge is -2.38. The summed E-state index contributed by atoms with van der Waals surface area (Å²) in [6.07, 6.45) is 3.76. The molecule has 2 aliphatic heterocycles. The normalized spacial score (nSPS) is 20.0. The first-order chi connectivity index (χ1) is 13.8. The van der Waals surface area contributed by atoms with Crippen molar-refractivity contribution in [3.8, 4) is 17.2 Å². The highest BCUT2D eigenvalue weighted by Gasteiger charge is 2.42. The quantitative estimate of drug-likeness (QED) is 0.751. The molecule has 140 valence electrons. The third-order valence-electron chi connectivity index (χ3n) is 5.18. The average molecular weight is 373 g/mol. The van der Waals surface area contributed by atoms with Crippen molar-refractivity contribution < 1.29 is 14.6 Å². The molecular weight excluding hydrogens is 354 g/mol. The summed E-state index contributed by atoms with van der Waals surface area (Å²) in [5.41, 5.74) is 3.50. The molecule has 28 heavy (non-hydrogen) atoms. The van der Waals surface area contributed by atoms with E-state index in [9.17, 15) is 5.11 Å². The molecule has 0 unspecified atom stereocenters. The molecule has 1 N–H and O–H groups in total. The molecule has 0 saturated heterocycles. The fourth-order valence-electron chi connectivity index (χ4n) is 3.87. The Kier molecular flexibility index (Phi) is 3.90. The summed E-state index contributed by atoms with van der Waals surface area (Å²) >= 11 is 0. The third kappa shape index (κ3) is 2.57. The zero-order valence-corrected chi connectivity index (χ0v) is 15.3. The van der Waals surface area contributed by atoms with Crippen molar-refractivity contribution in [2.24, 2.45) is 5.10 Å². The first-order valence-electron chi connectivity index (χ1n) is 9.14. The zero-order valence-electron chi connectivity index (χ0n) is 15.3. The summed E-state index contributed by atoms with van der Waals surface area (Å²) in [4.78, 5) is 4.24. The smallest absolute Gasteiger partial charge is 0.215 e. The summed E-state index contributed by atoms with van der Waals surface area (Å²) in [6, 6.07) is 17.0. The number of aromatic nitrogens is 1. The van der Waals surface area contributed by atoms with Gasteiger partial charge in [-0.2, -0.15) is 5.10 Å². The first-order valence-corrected chi connectivity index (χ1v) is 9.14. The van der Waals surface area contributed by atoms with Crippen LogP contribution in [-0.4, -0.2) is 27.9 Å². The van der Waals surface area contributed by atoms with Gasteiger partial charge in [-0.25, -0.2) is 5.01 Å². The molecular formula is C22H19N3O3. The molecule has 6 nitrogen and oxygen atoms in total. The summed E-state index contributed by atoms with van der Waals surface area (Å²) in [5.74, 6) is 1.65. The minimum Gasteiger partial charge on any atom is -0.507 e. The van der Waals surface area contributed by atoms with Crippen molar-refractivity contribution >= 4 is 5.71 Å². The fraction of sp³-hybridized carbons (Fsp3) is 0.182. The maximum Gasteiger partial charge on any atom is 0.215 e. The van der Waals surface area contributed by atoms with Gasteiger partial charge in [0.1, 0.15) is 5.75 Å². The van der Waals surface area contributed by atoms with E-state index in [4.69, 9.17) is 14.6 Å². The number of nitrogens with zero attached hydrogens (tertiary/aromatic N) is 3. The van der Waals surface area contributed by atoms with Crippen molar-refractivity contribution in [1.29, 1.82) is 0 Å². The Bertz CT molecular complexity index is 1050. The molecule has 6 heteroatoms. The van der Waals surface area contributed by atoms with E-state index in [1.807, 2.05) is 53.5 Å². The Morgan fingerprint density at radius 2 is 2.00 bits per heavy atom. The van der Waals surface area contributed by atoms with Crippen LogP contribution < -0.4 is 9.47 Å². The second-order valence-electron chi connectivity index (χ2n) is 6.80. The van der Waals surface area contributed by atoms with E-state index in [1.54, 1.807) is 25.6 Å². The largest absolute Gasteiger partial charge is 0.507 e. The van der Waals surface area contributed by atoms with Crippen molar-refractivity contribution in [3.63, 3.8) is 0 Å². The van der Waals surface area contributed by atoms with Crippen LogP contribution in [-0.2, 0) is 0 Å². The number of pyridine rings is 1. The van der Waals surface area contributed by atoms with Gasteiger partial charge in [0.2, 0.25) is 6.23 Å². The van der Waals surface area contributed by atoms with E-state index in [0.29, 0.717) is 12.2 Å². The van der Waals surface area contributed by atoms with E-state index in [-0.39, 0.29) is 11.8 Å². The molecule has 0 spiro atoms. The highest BCUT2D eigenvalue weighted by molar-refractivity contribution is 6.04. The SMILES string of the molecule is COc1cccc2c1O[C@@H](c1cccnc1)N1N=C(c3ccccc3O)C[C@H]21. The van der Waals surface area contributed by atoms with Gasteiger partial charge < -0.3 is 14.6 Å². The highest BCUT2D eigenvalue weighted by atomic mass is 16.5. The van der Waals surface area contributed by atoms with E-state index in [0.717, 1.165) is 28.2 Å². The van der Waals surface area contributed by atoms with Gasteiger partial charge in [0.25, 0.3) is 0 Å². The molecule has 3 aromatic rings. The lowest BCUT2D eigenvalue weighted by Crippen LogP contribution is -2.33. The first kappa shape index (κ1) is 16.6. The van der Waals surface area contributed by atoms with Crippen molar-refractivity contribution in [3.05, 3.63) is 83.7 Å². The Morgan fingerprint density at radius 3 is 2.79 bits per heavy atom. The highest BCUT2D eigenvalue weighted by Crippen LogP contribution is 2.50. The van der Waals surface area contributed by atoms with Gasteiger partial charge >= 0.3 is 0 Å². The summed E-state index contributed by atoms with van der Waals surface area (Å²) < 4.78 is 11.9. The van der Waals surface area contributed by atoms with Gasteiger partial charge in [0, 0.05) is 35.5 Å². The lowest BCUT2D eigenvalue weighted by atomic mass is 9.95. The molecule has 0 fully saturated rings. The van der Waals surface area contributed by atoms with E-state index < -0.39 is 6.23 Å².